The maximum atomic E-state index is 11.1. The zero-order valence-corrected chi connectivity index (χ0v) is 30.8. The molecule has 0 amide bonds. The molecule has 0 saturated carbocycles. The Kier molecular flexibility index (Phi) is 11.2. The molecule has 2 heterocycles. The van der Waals surface area contributed by atoms with E-state index in [4.69, 9.17) is 42.6 Å². The molecule has 11 heteroatoms. The molecule has 2 aliphatic heterocycles. The van der Waals surface area contributed by atoms with Crippen molar-refractivity contribution in [3.05, 3.63) is 95.1 Å². The Hall–Kier alpha value is -4.84. The highest BCUT2D eigenvalue weighted by Gasteiger charge is 2.41. The summed E-state index contributed by atoms with van der Waals surface area (Å²) in [6.07, 6.45) is -3.43. The molecule has 0 bridgehead atoms. The number of methoxy groups -OCH3 is 4. The molecular formula is C41H48O11. The maximum Gasteiger partial charge on any atom is 0.231 e. The number of rotatable bonds is 14. The lowest BCUT2D eigenvalue weighted by Crippen LogP contribution is -2.22. The van der Waals surface area contributed by atoms with E-state index in [2.05, 4.69) is 13.8 Å². The van der Waals surface area contributed by atoms with Crippen LogP contribution in [0.2, 0.25) is 0 Å². The fraction of sp³-hybridized carbons (Fsp3) is 0.415. The standard InChI is InChI=1S/C41H48O11/c1-22-23(2)41(29-12-16-33(36(20-29)47-8)51-25(4)39(43)27-10-14-31-37(18-27)49-21-48-31)52-40(22)28-11-15-32(35(19-28)46-7)50-24(3)38(42)26-9-13-30(44-5)34(17-26)45-6/h9-20,22-25,38-43H,21H2,1-8H3/t22-,23+,24-,25-,38+,39+,40+,41-/m1/s1. The average Bonchev–Trinajstić information content (AvgIpc) is 3.77. The van der Waals surface area contributed by atoms with Gasteiger partial charge in [-0.3, -0.25) is 0 Å². The minimum atomic E-state index is -0.930. The van der Waals surface area contributed by atoms with Gasteiger partial charge < -0.3 is 52.8 Å². The van der Waals surface area contributed by atoms with Crippen molar-refractivity contribution in [2.45, 2.75) is 64.3 Å². The lowest BCUT2D eigenvalue weighted by atomic mass is 9.85. The van der Waals surface area contributed by atoms with Gasteiger partial charge in [0, 0.05) is 0 Å². The molecule has 0 unspecified atom stereocenters. The predicted molar refractivity (Wildman–Crippen MR) is 193 cm³/mol. The Bertz CT molecular complexity index is 1840. The molecule has 4 aromatic carbocycles. The summed E-state index contributed by atoms with van der Waals surface area (Å²) in [6, 6.07) is 22.2. The highest BCUT2D eigenvalue weighted by Crippen LogP contribution is 2.51. The summed E-state index contributed by atoms with van der Waals surface area (Å²) in [7, 11) is 6.31. The topological polar surface area (TPSA) is 124 Å². The van der Waals surface area contributed by atoms with E-state index in [9.17, 15) is 10.2 Å². The van der Waals surface area contributed by atoms with Gasteiger partial charge in [0.05, 0.1) is 40.6 Å². The van der Waals surface area contributed by atoms with Gasteiger partial charge in [0.2, 0.25) is 6.79 Å². The van der Waals surface area contributed by atoms with Crippen molar-refractivity contribution in [1.29, 1.82) is 0 Å². The number of benzene rings is 4. The lowest BCUT2D eigenvalue weighted by Gasteiger charge is -2.24. The molecule has 1 fully saturated rings. The predicted octanol–water partition coefficient (Wildman–Crippen LogP) is 7.54. The molecule has 11 nitrogen and oxygen atoms in total. The number of aliphatic hydroxyl groups excluding tert-OH is 2. The first-order valence-electron chi connectivity index (χ1n) is 17.4. The van der Waals surface area contributed by atoms with Gasteiger partial charge in [-0.1, -0.05) is 38.1 Å². The van der Waals surface area contributed by atoms with Crippen LogP contribution in [0.5, 0.6) is 46.0 Å². The van der Waals surface area contributed by atoms with Gasteiger partial charge in [-0.15, -0.1) is 0 Å². The fourth-order valence-electron chi connectivity index (χ4n) is 6.84. The molecule has 1 saturated heterocycles. The van der Waals surface area contributed by atoms with Gasteiger partial charge in [0.15, 0.2) is 46.0 Å². The SMILES string of the molecule is COc1ccc([C@@H](O)[C@@H](C)Oc2ccc([C@H]3O[C@@H](c4ccc(O[C@H](C)[C@H](O)c5ccc6c(c5)OCO6)c(OC)c4)[C@@H](C)[C@H]3C)cc2OC)cc1OC. The number of ether oxygens (including phenoxy) is 9. The van der Waals surface area contributed by atoms with Gasteiger partial charge in [0.25, 0.3) is 0 Å². The number of hydrogen-bond acceptors (Lipinski definition) is 11. The second kappa shape index (κ2) is 15.8. The summed E-state index contributed by atoms with van der Waals surface area (Å²) in [6.45, 7) is 8.14. The summed E-state index contributed by atoms with van der Waals surface area (Å²) in [5.41, 5.74) is 3.22. The van der Waals surface area contributed by atoms with Crippen LogP contribution in [-0.2, 0) is 4.74 Å². The van der Waals surface area contributed by atoms with Crippen LogP contribution in [0.3, 0.4) is 0 Å². The second-order valence-electron chi connectivity index (χ2n) is 13.3. The van der Waals surface area contributed by atoms with Crippen molar-refractivity contribution >= 4 is 0 Å². The Morgan fingerprint density at radius 1 is 0.538 bits per heavy atom. The quantitative estimate of drug-likeness (QED) is 0.135. The molecule has 0 spiro atoms. The van der Waals surface area contributed by atoms with Gasteiger partial charge >= 0.3 is 0 Å². The minimum absolute atomic E-state index is 0.164. The summed E-state index contributed by atoms with van der Waals surface area (Å²) in [5.74, 6) is 4.80. The van der Waals surface area contributed by atoms with Crippen LogP contribution in [0.1, 0.15) is 74.4 Å². The third-order valence-electron chi connectivity index (χ3n) is 10.1. The Labute approximate surface area is 304 Å². The van der Waals surface area contributed by atoms with E-state index in [-0.39, 0.29) is 30.8 Å². The van der Waals surface area contributed by atoms with E-state index in [0.717, 1.165) is 11.1 Å². The molecule has 52 heavy (non-hydrogen) atoms. The lowest BCUT2D eigenvalue weighted by molar-refractivity contribution is 0.0281. The van der Waals surface area contributed by atoms with E-state index in [1.165, 1.54) is 0 Å². The van der Waals surface area contributed by atoms with Crippen LogP contribution in [0.25, 0.3) is 0 Å². The van der Waals surface area contributed by atoms with Crippen LogP contribution in [0, 0.1) is 11.8 Å². The van der Waals surface area contributed by atoms with E-state index >= 15 is 0 Å². The Morgan fingerprint density at radius 2 is 0.981 bits per heavy atom. The number of hydrogen-bond donors (Lipinski definition) is 2. The summed E-state index contributed by atoms with van der Waals surface area (Å²) >= 11 is 0. The molecule has 2 aliphatic rings. The highest BCUT2D eigenvalue weighted by atomic mass is 16.7. The van der Waals surface area contributed by atoms with Crippen molar-refractivity contribution < 1.29 is 52.8 Å². The van der Waals surface area contributed by atoms with E-state index in [0.29, 0.717) is 57.1 Å². The average molecular weight is 717 g/mol. The largest absolute Gasteiger partial charge is 0.493 e. The zero-order chi connectivity index (χ0) is 37.1. The molecule has 0 radical (unpaired) electrons. The molecule has 0 aromatic heterocycles. The third-order valence-corrected chi connectivity index (χ3v) is 10.1. The Balaban J connectivity index is 1.14. The zero-order valence-electron chi connectivity index (χ0n) is 30.8. The van der Waals surface area contributed by atoms with E-state index in [1.54, 1.807) is 71.8 Å². The summed E-state index contributed by atoms with van der Waals surface area (Å²) in [5, 5.41) is 22.2. The summed E-state index contributed by atoms with van der Waals surface area (Å²) < 4.78 is 52.3. The van der Waals surface area contributed by atoms with Crippen LogP contribution < -0.4 is 37.9 Å². The van der Waals surface area contributed by atoms with Gasteiger partial charge in [-0.05, 0) is 96.5 Å². The van der Waals surface area contributed by atoms with Crippen molar-refractivity contribution in [3.8, 4) is 46.0 Å². The molecule has 8 atom stereocenters. The van der Waals surface area contributed by atoms with Crippen LogP contribution in [0.4, 0.5) is 0 Å². The Morgan fingerprint density at radius 3 is 1.50 bits per heavy atom. The molecule has 2 N–H and O–H groups in total. The highest BCUT2D eigenvalue weighted by molar-refractivity contribution is 5.48. The number of fused-ring (bicyclic) bond motifs is 1. The maximum absolute atomic E-state index is 11.1. The fourth-order valence-corrected chi connectivity index (χ4v) is 6.84. The van der Waals surface area contributed by atoms with Gasteiger partial charge in [0.1, 0.15) is 24.4 Å². The van der Waals surface area contributed by atoms with Crippen molar-refractivity contribution in [1.82, 2.24) is 0 Å². The summed E-state index contributed by atoms with van der Waals surface area (Å²) in [4.78, 5) is 0. The van der Waals surface area contributed by atoms with Crippen molar-refractivity contribution in [2.24, 2.45) is 11.8 Å². The van der Waals surface area contributed by atoms with Crippen LogP contribution >= 0.6 is 0 Å². The van der Waals surface area contributed by atoms with Gasteiger partial charge in [-0.2, -0.15) is 0 Å². The molecule has 0 aliphatic carbocycles. The minimum Gasteiger partial charge on any atom is -0.493 e. The van der Waals surface area contributed by atoms with Crippen molar-refractivity contribution in [3.63, 3.8) is 0 Å². The van der Waals surface area contributed by atoms with Gasteiger partial charge in [-0.25, -0.2) is 0 Å². The first-order chi connectivity index (χ1) is 25.1. The van der Waals surface area contributed by atoms with E-state index < -0.39 is 24.4 Å². The molecule has 4 aromatic rings. The van der Waals surface area contributed by atoms with Crippen molar-refractivity contribution in [2.75, 3.05) is 35.2 Å². The third kappa shape index (κ3) is 7.39. The normalized spacial score (nSPS) is 21.5. The molecule has 6 rings (SSSR count). The first-order valence-corrected chi connectivity index (χ1v) is 17.4. The second-order valence-corrected chi connectivity index (χ2v) is 13.3. The first kappa shape index (κ1) is 36.9. The molecule has 278 valence electrons. The van der Waals surface area contributed by atoms with E-state index in [1.807, 2.05) is 43.3 Å². The monoisotopic (exact) mass is 716 g/mol. The van der Waals surface area contributed by atoms with Crippen LogP contribution in [-0.4, -0.2) is 57.7 Å². The van der Waals surface area contributed by atoms with Crippen LogP contribution in [0.15, 0.2) is 72.8 Å². The smallest absolute Gasteiger partial charge is 0.231 e. The molecular weight excluding hydrogens is 668 g/mol. The number of aliphatic hydroxyl groups is 2.